The maximum atomic E-state index is 12.6. The molecule has 0 aromatic rings. The molecule has 0 aliphatic rings. The Morgan fingerprint density at radius 2 is 1.49 bits per heavy atom. The van der Waals surface area contributed by atoms with E-state index < -0.39 is 66.3 Å². The normalized spacial score (nSPS) is 12.6. The molecule has 0 aromatic carbocycles. The highest BCUT2D eigenvalue weighted by molar-refractivity contribution is 7.98. The van der Waals surface area contributed by atoms with Crippen molar-refractivity contribution in [2.24, 2.45) is 0 Å². The van der Waals surface area contributed by atoms with Crippen molar-refractivity contribution in [3.05, 3.63) is 0 Å². The highest BCUT2D eigenvalue weighted by Crippen LogP contribution is 2.10. The first-order valence-electron chi connectivity index (χ1n) is 12.8. The van der Waals surface area contributed by atoms with E-state index in [9.17, 15) is 33.6 Å². The first kappa shape index (κ1) is 37.4. The highest BCUT2D eigenvalue weighted by Gasteiger charge is 2.26. The van der Waals surface area contributed by atoms with E-state index in [1.807, 2.05) is 0 Å². The molecule has 4 N–H and O–H groups in total. The number of amides is 6. The molecule has 0 aromatic heterocycles. The van der Waals surface area contributed by atoms with Crippen LogP contribution in [0.1, 0.15) is 62.3 Å². The lowest BCUT2D eigenvalue weighted by molar-refractivity contribution is -0.131. The standard InChI is InChI=1S/C25H43N6O9S/c1-15(21(36)27-12-19(34)29-18(16(2)32)14-41-30-17(3)33)28-20(35)13-31(23(38)40-25(7,8)9)11-10-26-22(37)39-24(4,5)6/h15,18H,10-14H2,1-9H3,(H,26,37)(H,27,36)(H,28,35)(H,30,33)/t15-,18-/m0/s1. The van der Waals surface area contributed by atoms with E-state index in [0.717, 1.165) is 16.8 Å². The summed E-state index contributed by atoms with van der Waals surface area (Å²) >= 11 is 0.929. The third-order valence-electron chi connectivity index (χ3n) is 4.45. The van der Waals surface area contributed by atoms with Crippen molar-refractivity contribution in [1.82, 2.24) is 30.9 Å². The average Bonchev–Trinajstić information content (AvgIpc) is 2.78. The van der Waals surface area contributed by atoms with Gasteiger partial charge in [0.25, 0.3) is 5.91 Å². The van der Waals surface area contributed by atoms with Gasteiger partial charge >= 0.3 is 12.2 Å². The fourth-order valence-electron chi connectivity index (χ4n) is 2.70. The number of ether oxygens (including phenoxy) is 2. The quantitative estimate of drug-likeness (QED) is 0.199. The summed E-state index contributed by atoms with van der Waals surface area (Å²) in [7, 11) is 0. The Labute approximate surface area is 245 Å². The van der Waals surface area contributed by atoms with Gasteiger partial charge in [-0.1, -0.05) is 0 Å². The maximum absolute atomic E-state index is 12.6. The van der Waals surface area contributed by atoms with Crippen molar-refractivity contribution in [2.75, 3.05) is 31.9 Å². The molecule has 6 amide bonds. The molecule has 0 rings (SSSR count). The average molecular weight is 604 g/mol. The minimum Gasteiger partial charge on any atom is -0.444 e. The summed E-state index contributed by atoms with van der Waals surface area (Å²) in [6.45, 7) is 12.9. The van der Waals surface area contributed by atoms with E-state index in [0.29, 0.717) is 0 Å². The molecule has 0 fully saturated rings. The van der Waals surface area contributed by atoms with E-state index in [1.165, 1.54) is 20.8 Å². The minimum absolute atomic E-state index is 0.0341. The van der Waals surface area contributed by atoms with Crippen molar-refractivity contribution in [1.29, 1.82) is 0 Å². The molecule has 0 heterocycles. The van der Waals surface area contributed by atoms with Crippen LogP contribution in [0.25, 0.3) is 0 Å². The first-order valence-corrected chi connectivity index (χ1v) is 13.8. The molecule has 0 aliphatic heterocycles. The molecule has 0 bridgehead atoms. The number of nitrogens with zero attached hydrogens (tertiary/aromatic N) is 2. The second-order valence-electron chi connectivity index (χ2n) is 11.0. The van der Waals surface area contributed by atoms with E-state index in [-0.39, 0.29) is 30.5 Å². The van der Waals surface area contributed by atoms with Gasteiger partial charge in [0.05, 0.1) is 6.54 Å². The summed E-state index contributed by atoms with van der Waals surface area (Å²) in [5.74, 6) is -2.84. The Hall–Kier alpha value is -3.56. The summed E-state index contributed by atoms with van der Waals surface area (Å²) in [5.41, 5.74) is -1.56. The number of rotatable bonds is 14. The summed E-state index contributed by atoms with van der Waals surface area (Å²) < 4.78 is 12.9. The largest absolute Gasteiger partial charge is 0.444 e. The molecular weight excluding hydrogens is 560 g/mol. The van der Waals surface area contributed by atoms with Crippen LogP contribution in [0.15, 0.2) is 0 Å². The number of carbonyl (C=O) groups is 7. The van der Waals surface area contributed by atoms with Crippen molar-refractivity contribution >= 4 is 53.5 Å². The van der Waals surface area contributed by atoms with Crippen molar-refractivity contribution in [3.63, 3.8) is 0 Å². The molecule has 2 atom stereocenters. The number of carbonyl (C=O) groups excluding carboxylic acids is 7. The van der Waals surface area contributed by atoms with Gasteiger partial charge in [-0.3, -0.25) is 28.9 Å². The first-order chi connectivity index (χ1) is 18.7. The zero-order valence-electron chi connectivity index (χ0n) is 25.2. The number of alkyl carbamates (subject to hydrolysis) is 1. The number of hydrogen-bond acceptors (Lipinski definition) is 10. The van der Waals surface area contributed by atoms with Crippen LogP contribution < -0.4 is 26.0 Å². The van der Waals surface area contributed by atoms with Crippen LogP contribution in [0.2, 0.25) is 0 Å². The lowest BCUT2D eigenvalue weighted by Gasteiger charge is -2.27. The van der Waals surface area contributed by atoms with E-state index in [2.05, 4.69) is 26.0 Å². The molecule has 0 spiro atoms. The molecule has 41 heavy (non-hydrogen) atoms. The Morgan fingerprint density at radius 1 is 0.902 bits per heavy atom. The molecule has 0 saturated carbocycles. The Balaban J connectivity index is 4.94. The third-order valence-corrected chi connectivity index (χ3v) is 5.36. The second-order valence-corrected chi connectivity index (χ2v) is 11.8. The molecule has 0 aliphatic carbocycles. The minimum atomic E-state index is -1.09. The zero-order chi connectivity index (χ0) is 32.0. The van der Waals surface area contributed by atoms with E-state index >= 15 is 0 Å². The van der Waals surface area contributed by atoms with Crippen LogP contribution >= 0.6 is 11.9 Å². The van der Waals surface area contributed by atoms with Crippen LogP contribution in [-0.4, -0.2) is 102 Å². The fourth-order valence-corrected chi connectivity index (χ4v) is 3.45. The summed E-state index contributed by atoms with van der Waals surface area (Å²) in [6, 6.07) is -2.09. The van der Waals surface area contributed by atoms with Gasteiger partial charge in [-0.05, 0) is 67.3 Å². The van der Waals surface area contributed by atoms with E-state index in [4.69, 9.17) is 9.47 Å². The fraction of sp³-hybridized carbons (Fsp3) is 0.720. The van der Waals surface area contributed by atoms with Crippen molar-refractivity contribution in [2.45, 2.75) is 85.6 Å². The molecule has 233 valence electrons. The predicted molar refractivity (Wildman–Crippen MR) is 151 cm³/mol. The topological polar surface area (TPSA) is 203 Å². The van der Waals surface area contributed by atoms with E-state index in [1.54, 1.807) is 41.5 Å². The number of ketones is 1. The van der Waals surface area contributed by atoms with Gasteiger partial charge in [-0.15, -0.1) is 0 Å². The summed E-state index contributed by atoms with van der Waals surface area (Å²) in [5, 5.41) is 11.0. The lowest BCUT2D eigenvalue weighted by Crippen LogP contribution is -2.51. The number of hydrogen-bond donors (Lipinski definition) is 4. The predicted octanol–water partition coefficient (Wildman–Crippen LogP) is 0.242. The Bertz CT molecular complexity index is 962. The molecule has 0 unspecified atom stereocenters. The number of Topliss-reactive ketones (excluding diaryl/α,β-unsaturated/α-hetero) is 1. The monoisotopic (exact) mass is 603 g/mol. The molecule has 15 nitrogen and oxygen atoms in total. The zero-order valence-corrected chi connectivity index (χ0v) is 26.0. The van der Waals surface area contributed by atoms with Gasteiger partial charge in [-0.25, -0.2) is 14.9 Å². The summed E-state index contributed by atoms with van der Waals surface area (Å²) in [6.07, 6.45) is -1.50. The van der Waals surface area contributed by atoms with Crippen LogP contribution in [-0.2, 0) is 33.4 Å². The third kappa shape index (κ3) is 19.2. The maximum Gasteiger partial charge on any atom is 0.410 e. The van der Waals surface area contributed by atoms with Gasteiger partial charge in [0.1, 0.15) is 29.8 Å². The van der Waals surface area contributed by atoms with Gasteiger partial charge in [0.15, 0.2) is 5.78 Å². The summed E-state index contributed by atoms with van der Waals surface area (Å²) in [4.78, 5) is 85.5. The van der Waals surface area contributed by atoms with Crippen LogP contribution in [0.5, 0.6) is 0 Å². The Kier molecular flexibility index (Phi) is 15.8. The van der Waals surface area contributed by atoms with Gasteiger partial charge in [0, 0.05) is 25.8 Å². The molecular formula is C25H43N6O9S. The highest BCUT2D eigenvalue weighted by atomic mass is 32.2. The molecule has 0 saturated heterocycles. The molecule has 16 heteroatoms. The van der Waals surface area contributed by atoms with Gasteiger partial charge in [-0.2, -0.15) is 0 Å². The van der Waals surface area contributed by atoms with Crippen molar-refractivity contribution < 1.29 is 43.0 Å². The molecule has 1 radical (unpaired) electrons. The van der Waals surface area contributed by atoms with Gasteiger partial charge in [0.2, 0.25) is 17.7 Å². The second kappa shape index (κ2) is 17.3. The smallest absolute Gasteiger partial charge is 0.410 e. The lowest BCUT2D eigenvalue weighted by atomic mass is 10.2. The SMILES string of the molecule is CC(=O)NSC[C@H]([N]C(=O)CNC(=O)[C@H](C)NC(=O)CN(CCNC(=O)OC(C)(C)C)C(=O)OC(C)(C)C)C(C)=O. The van der Waals surface area contributed by atoms with Crippen LogP contribution in [0.3, 0.4) is 0 Å². The van der Waals surface area contributed by atoms with Crippen molar-refractivity contribution in [3.8, 4) is 0 Å². The Morgan fingerprint density at radius 3 is 2.00 bits per heavy atom. The number of nitrogens with one attached hydrogen (secondary N) is 4. The van der Waals surface area contributed by atoms with Crippen LogP contribution in [0, 0.1) is 0 Å². The van der Waals surface area contributed by atoms with Crippen LogP contribution in [0.4, 0.5) is 9.59 Å². The van der Waals surface area contributed by atoms with Gasteiger partial charge < -0.3 is 30.1 Å².